The topological polar surface area (TPSA) is 122 Å². The van der Waals surface area contributed by atoms with Crippen molar-refractivity contribution in [3.63, 3.8) is 0 Å². The quantitative estimate of drug-likeness (QED) is 0.241. The Morgan fingerprint density at radius 3 is 2.57 bits per heavy atom. The summed E-state index contributed by atoms with van der Waals surface area (Å²) in [6.45, 7) is 7.02. The second kappa shape index (κ2) is 10.8. The number of allylic oxidation sites excluding steroid dienone is 1. The average molecular weight is 618 g/mol. The molecule has 0 fully saturated rings. The van der Waals surface area contributed by atoms with E-state index in [1.54, 1.807) is 26.0 Å². The third-order valence-electron chi connectivity index (χ3n) is 7.77. The summed E-state index contributed by atoms with van der Waals surface area (Å²) in [6, 6.07) is 16.7. The second-order valence-electron chi connectivity index (χ2n) is 11.9. The van der Waals surface area contributed by atoms with Crippen LogP contribution in [0.25, 0.3) is 0 Å². The number of halogens is 1. The third kappa shape index (κ3) is 5.32. The Morgan fingerprint density at radius 1 is 1.14 bits per heavy atom. The molecular formula is C33H32FN3O6S. The lowest BCUT2D eigenvalue weighted by atomic mass is 9.88. The summed E-state index contributed by atoms with van der Waals surface area (Å²) in [4.78, 5) is 19.7. The standard InChI is InChI=1S/C33H32FN3O6S/c1-19-28(35-20(2)43-19)32(39)37-26-11-8-12-27(38)29(26)36-25-16-33(3,4)18-44(40,41)31(25)30(37)23-14-13-22(15-24(23)34)42-17-21-9-6-5-7-10-21/h5-15,30,36,38H,16-18H2,1-4H3/t30-/m1/s1. The fraction of sp³-hybridized carbons (Fsp3) is 0.273. The fourth-order valence-corrected chi connectivity index (χ4v) is 8.37. The van der Waals surface area contributed by atoms with E-state index >= 15 is 4.39 Å². The number of oxazole rings is 1. The van der Waals surface area contributed by atoms with Gasteiger partial charge < -0.3 is 19.6 Å². The van der Waals surface area contributed by atoms with Crippen LogP contribution >= 0.6 is 0 Å². The second-order valence-corrected chi connectivity index (χ2v) is 13.9. The van der Waals surface area contributed by atoms with Crippen LogP contribution in [-0.4, -0.2) is 30.2 Å². The van der Waals surface area contributed by atoms with Crippen LogP contribution in [0.2, 0.25) is 0 Å². The van der Waals surface area contributed by atoms with Crippen molar-refractivity contribution < 1.29 is 31.9 Å². The number of carbonyl (C=O) groups excluding carboxylic acids is 1. The summed E-state index contributed by atoms with van der Waals surface area (Å²) in [5.41, 5.74) is 0.674. The number of para-hydroxylation sites is 1. The molecule has 228 valence electrons. The molecule has 2 aliphatic heterocycles. The molecule has 0 unspecified atom stereocenters. The number of fused-ring (bicyclic) bond motifs is 1. The Bertz CT molecular complexity index is 1920. The number of rotatable bonds is 5. The predicted molar refractivity (Wildman–Crippen MR) is 164 cm³/mol. The van der Waals surface area contributed by atoms with E-state index in [2.05, 4.69) is 10.3 Å². The average Bonchev–Trinajstić information content (AvgIpc) is 3.21. The van der Waals surface area contributed by atoms with E-state index in [0.29, 0.717) is 0 Å². The third-order valence-corrected chi connectivity index (χ3v) is 10.1. The van der Waals surface area contributed by atoms with Gasteiger partial charge in [-0.3, -0.25) is 9.69 Å². The lowest BCUT2D eigenvalue weighted by Gasteiger charge is -2.37. The summed E-state index contributed by atoms with van der Waals surface area (Å²) in [6.07, 6.45) is 0.274. The molecule has 3 aromatic carbocycles. The Kier molecular flexibility index (Phi) is 7.23. The van der Waals surface area contributed by atoms with Crippen molar-refractivity contribution in [3.8, 4) is 11.5 Å². The number of nitrogens with zero attached hydrogens (tertiary/aromatic N) is 2. The van der Waals surface area contributed by atoms with Crippen molar-refractivity contribution in [1.82, 2.24) is 4.98 Å². The van der Waals surface area contributed by atoms with Crippen LogP contribution < -0.4 is 15.0 Å². The minimum absolute atomic E-state index is 0.0531. The van der Waals surface area contributed by atoms with E-state index in [0.717, 1.165) is 5.56 Å². The van der Waals surface area contributed by atoms with Gasteiger partial charge in [0.05, 0.1) is 16.3 Å². The van der Waals surface area contributed by atoms with Gasteiger partial charge in [0.15, 0.2) is 21.4 Å². The number of ether oxygens (including phenoxy) is 1. The Balaban J connectivity index is 1.57. The Labute approximate surface area is 254 Å². The van der Waals surface area contributed by atoms with Gasteiger partial charge in [0, 0.05) is 24.3 Å². The first-order valence-corrected chi connectivity index (χ1v) is 15.8. The molecule has 0 bridgehead atoms. The summed E-state index contributed by atoms with van der Waals surface area (Å²) >= 11 is 0. The van der Waals surface area contributed by atoms with Gasteiger partial charge in [0.1, 0.15) is 41.4 Å². The van der Waals surface area contributed by atoms with Crippen LogP contribution in [0.5, 0.6) is 11.5 Å². The summed E-state index contributed by atoms with van der Waals surface area (Å²) in [5, 5.41) is 14.1. The molecule has 1 atom stereocenters. The summed E-state index contributed by atoms with van der Waals surface area (Å²) in [5.74, 6) is -1.20. The van der Waals surface area contributed by atoms with E-state index < -0.39 is 33.0 Å². The van der Waals surface area contributed by atoms with Crippen LogP contribution in [0.4, 0.5) is 15.8 Å². The minimum Gasteiger partial charge on any atom is -0.506 e. The molecule has 0 saturated heterocycles. The highest BCUT2D eigenvalue weighted by Crippen LogP contribution is 2.52. The first kappa shape index (κ1) is 29.4. The number of anilines is 2. The number of aryl methyl sites for hydroxylation is 2. The molecule has 6 rings (SSSR count). The zero-order valence-electron chi connectivity index (χ0n) is 24.7. The van der Waals surface area contributed by atoms with Gasteiger partial charge in [0.25, 0.3) is 5.91 Å². The van der Waals surface area contributed by atoms with Gasteiger partial charge in [0.2, 0.25) is 0 Å². The maximum atomic E-state index is 16.3. The van der Waals surface area contributed by atoms with Crippen LogP contribution in [0, 0.1) is 25.1 Å². The predicted octanol–water partition coefficient (Wildman–Crippen LogP) is 6.59. The number of carbonyl (C=O) groups is 1. The summed E-state index contributed by atoms with van der Waals surface area (Å²) < 4.78 is 55.9. The molecular weight excluding hydrogens is 585 g/mol. The van der Waals surface area contributed by atoms with Gasteiger partial charge in [-0.2, -0.15) is 0 Å². The van der Waals surface area contributed by atoms with Gasteiger partial charge in [-0.1, -0.05) is 50.2 Å². The molecule has 0 aliphatic carbocycles. The smallest absolute Gasteiger partial charge is 0.281 e. The van der Waals surface area contributed by atoms with Crippen molar-refractivity contribution in [2.45, 2.75) is 46.8 Å². The van der Waals surface area contributed by atoms with E-state index in [9.17, 15) is 18.3 Å². The normalized spacial score (nSPS) is 18.6. The molecule has 2 N–H and O–H groups in total. The zero-order chi connectivity index (χ0) is 31.4. The number of amides is 1. The van der Waals surface area contributed by atoms with Gasteiger partial charge in [-0.25, -0.2) is 17.8 Å². The molecule has 0 saturated carbocycles. The number of benzene rings is 3. The Hall–Kier alpha value is -4.64. The highest BCUT2D eigenvalue weighted by molar-refractivity contribution is 7.95. The summed E-state index contributed by atoms with van der Waals surface area (Å²) in [7, 11) is -4.07. The van der Waals surface area contributed by atoms with Crippen molar-refractivity contribution in [1.29, 1.82) is 0 Å². The maximum absolute atomic E-state index is 16.3. The van der Waals surface area contributed by atoms with Crippen molar-refractivity contribution in [2.75, 3.05) is 16.0 Å². The van der Waals surface area contributed by atoms with Crippen LogP contribution in [0.1, 0.15) is 59.6 Å². The van der Waals surface area contributed by atoms with Crippen LogP contribution in [-0.2, 0) is 16.4 Å². The van der Waals surface area contributed by atoms with Crippen LogP contribution in [0.3, 0.4) is 0 Å². The molecule has 1 aromatic heterocycles. The lowest BCUT2D eigenvalue weighted by molar-refractivity contribution is 0.0974. The van der Waals surface area contributed by atoms with Crippen molar-refractivity contribution >= 4 is 27.1 Å². The molecule has 4 aromatic rings. The van der Waals surface area contributed by atoms with E-state index in [1.807, 2.05) is 44.2 Å². The fourth-order valence-electron chi connectivity index (χ4n) is 6.01. The number of hydrogen-bond acceptors (Lipinski definition) is 8. The number of sulfone groups is 1. The van der Waals surface area contributed by atoms with E-state index in [4.69, 9.17) is 9.15 Å². The van der Waals surface area contributed by atoms with Gasteiger partial charge in [-0.05, 0) is 48.6 Å². The number of aromatic hydroxyl groups is 1. The Morgan fingerprint density at radius 2 is 1.89 bits per heavy atom. The van der Waals surface area contributed by atoms with Crippen molar-refractivity contribution in [2.24, 2.45) is 5.41 Å². The molecule has 0 spiro atoms. The number of phenols is 1. The van der Waals surface area contributed by atoms with E-state index in [1.165, 1.54) is 29.2 Å². The molecule has 2 aliphatic rings. The highest BCUT2D eigenvalue weighted by atomic mass is 32.2. The number of hydrogen-bond donors (Lipinski definition) is 2. The van der Waals surface area contributed by atoms with Gasteiger partial charge >= 0.3 is 0 Å². The molecule has 3 heterocycles. The number of aromatic nitrogens is 1. The van der Waals surface area contributed by atoms with E-state index in [-0.39, 0.29) is 75.2 Å². The molecule has 9 nitrogen and oxygen atoms in total. The zero-order valence-corrected chi connectivity index (χ0v) is 25.5. The molecule has 0 radical (unpaired) electrons. The minimum atomic E-state index is -4.07. The molecule has 44 heavy (non-hydrogen) atoms. The van der Waals surface area contributed by atoms with Crippen molar-refractivity contribution in [3.05, 3.63) is 112 Å². The first-order valence-electron chi connectivity index (χ1n) is 14.1. The maximum Gasteiger partial charge on any atom is 0.281 e. The molecule has 1 amide bonds. The van der Waals surface area contributed by atoms with Crippen LogP contribution in [0.15, 0.2) is 81.7 Å². The first-order chi connectivity index (χ1) is 20.8. The molecule has 11 heteroatoms. The largest absolute Gasteiger partial charge is 0.506 e. The van der Waals surface area contributed by atoms with Gasteiger partial charge in [-0.15, -0.1) is 0 Å². The number of nitrogens with one attached hydrogen (secondary N) is 1. The SMILES string of the molecule is Cc1nc(C(=O)N2c3cccc(O)c3NC3=C([C@H]2c2ccc(OCc4ccccc4)cc2F)S(=O)(=O)CC(C)(C)C3)c(C)o1. The monoisotopic (exact) mass is 617 g/mol. The highest BCUT2D eigenvalue weighted by Gasteiger charge is 2.48. The number of phenolic OH excluding ortho intramolecular Hbond substituents is 1. The lowest BCUT2D eigenvalue weighted by Crippen LogP contribution is -2.41.